The number of hydrogen-bond donors (Lipinski definition) is 1. The number of amides is 4. The van der Waals surface area contributed by atoms with E-state index < -0.39 is 17.8 Å². The first-order chi connectivity index (χ1) is 21.2. The number of halogens is 1. The lowest BCUT2D eigenvalue weighted by Crippen LogP contribution is -2.54. The van der Waals surface area contributed by atoms with Crippen LogP contribution in [-0.4, -0.2) is 38.2 Å². The zero-order valence-electron chi connectivity index (χ0n) is 24.5. The van der Waals surface area contributed by atoms with Gasteiger partial charge in [-0.15, -0.1) is 0 Å². The van der Waals surface area contributed by atoms with Gasteiger partial charge in [-0.1, -0.05) is 74.0 Å². The van der Waals surface area contributed by atoms with Gasteiger partial charge in [-0.3, -0.25) is 14.9 Å². The van der Waals surface area contributed by atoms with E-state index in [0.29, 0.717) is 28.7 Å². The molecule has 4 amide bonds. The predicted octanol–water partition coefficient (Wildman–Crippen LogP) is 6.80. The van der Waals surface area contributed by atoms with Crippen molar-refractivity contribution >= 4 is 41.2 Å². The predicted molar refractivity (Wildman–Crippen MR) is 169 cm³/mol. The molecule has 0 saturated carbocycles. The Hall–Kier alpha value is -5.08. The minimum absolute atomic E-state index is 0.136. The van der Waals surface area contributed by atoms with Crippen LogP contribution >= 0.6 is 11.6 Å². The lowest BCUT2D eigenvalue weighted by molar-refractivity contribution is -0.122. The van der Waals surface area contributed by atoms with E-state index >= 15 is 0 Å². The number of ether oxygens (including phenoxy) is 3. The first-order valence-electron chi connectivity index (χ1n) is 13.9. The molecule has 5 rings (SSSR count). The number of carbonyl (C=O) groups excluding carboxylic acids is 3. The van der Waals surface area contributed by atoms with E-state index in [9.17, 15) is 14.4 Å². The Morgan fingerprint density at radius 1 is 0.795 bits per heavy atom. The minimum Gasteiger partial charge on any atom is -0.493 e. The van der Waals surface area contributed by atoms with Crippen LogP contribution in [0.25, 0.3) is 6.08 Å². The van der Waals surface area contributed by atoms with Crippen molar-refractivity contribution in [3.8, 4) is 17.2 Å². The number of rotatable bonds is 10. The molecular weight excluding hydrogens is 580 g/mol. The molecule has 0 spiro atoms. The first-order valence-corrected chi connectivity index (χ1v) is 14.3. The van der Waals surface area contributed by atoms with Gasteiger partial charge in [0.2, 0.25) is 0 Å². The second kappa shape index (κ2) is 13.1. The summed E-state index contributed by atoms with van der Waals surface area (Å²) >= 11 is 5.93. The van der Waals surface area contributed by atoms with Crippen molar-refractivity contribution in [1.82, 2.24) is 5.32 Å². The second-order valence-corrected chi connectivity index (χ2v) is 11.0. The molecule has 1 N–H and O–H groups in total. The number of urea groups is 1. The summed E-state index contributed by atoms with van der Waals surface area (Å²) in [7, 11) is 1.49. The number of benzene rings is 4. The van der Waals surface area contributed by atoms with Gasteiger partial charge in [0.25, 0.3) is 11.8 Å². The maximum atomic E-state index is 13.2. The van der Waals surface area contributed by atoms with E-state index in [1.54, 1.807) is 30.3 Å². The molecule has 1 aliphatic rings. The highest BCUT2D eigenvalue weighted by Gasteiger charge is 2.36. The van der Waals surface area contributed by atoms with Crippen LogP contribution in [0, 0.1) is 0 Å². The molecule has 9 heteroatoms. The summed E-state index contributed by atoms with van der Waals surface area (Å²) in [6.07, 6.45) is 1.39. The Morgan fingerprint density at radius 3 is 2.14 bits per heavy atom. The van der Waals surface area contributed by atoms with E-state index in [2.05, 4.69) is 43.4 Å². The van der Waals surface area contributed by atoms with Gasteiger partial charge in [0.05, 0.1) is 12.8 Å². The van der Waals surface area contributed by atoms with Crippen molar-refractivity contribution in [2.24, 2.45) is 0 Å². The van der Waals surface area contributed by atoms with E-state index in [0.717, 1.165) is 10.6 Å². The highest BCUT2D eigenvalue weighted by atomic mass is 35.5. The average molecular weight is 611 g/mol. The molecular formula is C35H31ClN2O6. The fraction of sp³-hybridized carbons (Fsp3) is 0.171. The maximum Gasteiger partial charge on any atom is 0.335 e. The topological polar surface area (TPSA) is 94.2 Å². The van der Waals surface area contributed by atoms with Crippen LogP contribution in [0.1, 0.15) is 30.5 Å². The third-order valence-corrected chi connectivity index (χ3v) is 7.62. The Labute approximate surface area is 260 Å². The number of barbiturate groups is 1. The van der Waals surface area contributed by atoms with Crippen LogP contribution in [0.15, 0.2) is 103 Å². The zero-order valence-corrected chi connectivity index (χ0v) is 25.3. The Morgan fingerprint density at radius 2 is 1.45 bits per heavy atom. The molecule has 44 heavy (non-hydrogen) atoms. The molecule has 1 aliphatic heterocycles. The molecule has 0 radical (unpaired) electrons. The molecule has 0 bridgehead atoms. The summed E-state index contributed by atoms with van der Waals surface area (Å²) in [6.45, 7) is 4.95. The minimum atomic E-state index is -0.838. The maximum absolute atomic E-state index is 13.2. The third-order valence-electron chi connectivity index (χ3n) is 7.37. The van der Waals surface area contributed by atoms with Crippen LogP contribution in [-0.2, 0) is 15.0 Å². The monoisotopic (exact) mass is 610 g/mol. The molecule has 0 atom stereocenters. The molecule has 1 fully saturated rings. The van der Waals surface area contributed by atoms with Gasteiger partial charge in [-0.05, 0) is 71.3 Å². The summed E-state index contributed by atoms with van der Waals surface area (Å²) in [6, 6.07) is 28.7. The summed E-state index contributed by atoms with van der Waals surface area (Å²) < 4.78 is 17.3. The summed E-state index contributed by atoms with van der Waals surface area (Å²) in [4.78, 5) is 39.0. The summed E-state index contributed by atoms with van der Waals surface area (Å²) in [5, 5.41) is 2.65. The fourth-order valence-electron chi connectivity index (χ4n) is 4.84. The van der Waals surface area contributed by atoms with Gasteiger partial charge in [0.15, 0.2) is 11.5 Å². The van der Waals surface area contributed by atoms with Crippen molar-refractivity contribution in [1.29, 1.82) is 0 Å². The van der Waals surface area contributed by atoms with E-state index in [-0.39, 0.29) is 23.3 Å². The quantitative estimate of drug-likeness (QED) is 0.121. The molecule has 1 saturated heterocycles. The van der Waals surface area contributed by atoms with Gasteiger partial charge in [-0.25, -0.2) is 9.69 Å². The number of nitrogens with zero attached hydrogens (tertiary/aromatic N) is 1. The van der Waals surface area contributed by atoms with E-state index in [1.807, 2.05) is 30.3 Å². The van der Waals surface area contributed by atoms with Gasteiger partial charge in [-0.2, -0.15) is 0 Å². The zero-order chi connectivity index (χ0) is 31.3. The van der Waals surface area contributed by atoms with Crippen LogP contribution in [0.4, 0.5) is 10.5 Å². The lowest BCUT2D eigenvalue weighted by Gasteiger charge is -2.26. The van der Waals surface area contributed by atoms with Gasteiger partial charge in [0.1, 0.15) is 24.5 Å². The number of hydrogen-bond acceptors (Lipinski definition) is 6. The smallest absolute Gasteiger partial charge is 0.335 e. The van der Waals surface area contributed by atoms with Crippen molar-refractivity contribution in [2.75, 3.05) is 25.2 Å². The molecule has 1 heterocycles. The Kier molecular flexibility index (Phi) is 9.01. The molecule has 8 nitrogen and oxygen atoms in total. The van der Waals surface area contributed by atoms with Crippen LogP contribution < -0.4 is 24.4 Å². The Balaban J connectivity index is 1.21. The molecule has 4 aromatic rings. The van der Waals surface area contributed by atoms with E-state index in [1.165, 1.54) is 36.4 Å². The van der Waals surface area contributed by atoms with E-state index in [4.69, 9.17) is 25.8 Å². The first kappa shape index (κ1) is 30.4. The average Bonchev–Trinajstić information content (AvgIpc) is 3.03. The second-order valence-electron chi connectivity index (χ2n) is 10.6. The molecule has 4 aromatic carbocycles. The molecule has 0 unspecified atom stereocenters. The number of nitrogens with one attached hydrogen (secondary N) is 1. The summed E-state index contributed by atoms with van der Waals surface area (Å²) in [5.41, 5.74) is 2.87. The SMILES string of the molecule is COc1cc(C=C2C(=O)NC(=O)N(c3ccc(Cl)cc3)C2=O)ccc1OCCOc1ccc(C(C)(C)c2ccccc2)cc1. The van der Waals surface area contributed by atoms with Crippen LogP contribution in [0.3, 0.4) is 0 Å². The normalized spacial score (nSPS) is 14.4. The van der Waals surface area contributed by atoms with Crippen LogP contribution in [0.5, 0.6) is 17.2 Å². The number of methoxy groups -OCH3 is 1. The molecule has 224 valence electrons. The third kappa shape index (κ3) is 6.61. The highest BCUT2D eigenvalue weighted by molar-refractivity contribution is 6.39. The fourth-order valence-corrected chi connectivity index (χ4v) is 4.97. The van der Waals surface area contributed by atoms with Crippen molar-refractivity contribution in [3.63, 3.8) is 0 Å². The van der Waals surface area contributed by atoms with Gasteiger partial charge < -0.3 is 14.2 Å². The highest BCUT2D eigenvalue weighted by Crippen LogP contribution is 2.33. The Bertz CT molecular complexity index is 1700. The largest absolute Gasteiger partial charge is 0.493 e. The molecule has 0 aliphatic carbocycles. The van der Waals surface area contributed by atoms with Gasteiger partial charge in [0, 0.05) is 10.4 Å². The van der Waals surface area contributed by atoms with Gasteiger partial charge >= 0.3 is 6.03 Å². The van der Waals surface area contributed by atoms with Crippen molar-refractivity contribution in [2.45, 2.75) is 19.3 Å². The summed E-state index contributed by atoms with van der Waals surface area (Å²) in [5.74, 6) is 0.0564. The number of anilines is 1. The lowest BCUT2D eigenvalue weighted by atomic mass is 9.78. The van der Waals surface area contributed by atoms with Crippen molar-refractivity contribution < 1.29 is 28.6 Å². The van der Waals surface area contributed by atoms with Crippen molar-refractivity contribution in [3.05, 3.63) is 124 Å². The standard InChI is InChI=1S/C35H31ClN2O6/c1-35(2,24-7-5-4-6-8-24)25-10-16-28(17-11-25)43-19-20-44-30-18-9-23(22-31(30)42-3)21-29-32(39)37-34(41)38(33(29)40)27-14-12-26(36)13-15-27/h4-18,21-22H,19-20H2,1-3H3,(H,37,39,41). The molecule has 0 aromatic heterocycles. The van der Waals surface area contributed by atoms with Crippen LogP contribution in [0.2, 0.25) is 5.02 Å². The number of carbonyl (C=O) groups is 3. The number of imide groups is 2.